The number of aromatic nitrogens is 3. The van der Waals surface area contributed by atoms with Crippen LogP contribution in [-0.2, 0) is 11.3 Å². The Bertz CT molecular complexity index is 1270. The van der Waals surface area contributed by atoms with Crippen LogP contribution in [0, 0.1) is 5.41 Å². The molecule has 1 spiro atoms. The number of benzene rings is 2. The van der Waals surface area contributed by atoms with Crippen LogP contribution in [0.15, 0.2) is 60.9 Å². The Morgan fingerprint density at radius 2 is 1.68 bits per heavy atom. The van der Waals surface area contributed by atoms with Gasteiger partial charge in [0.2, 0.25) is 5.91 Å². The third-order valence-electron chi connectivity index (χ3n) is 7.12. The van der Waals surface area contributed by atoms with E-state index in [9.17, 15) is 4.79 Å². The number of piperidine rings is 1. The zero-order chi connectivity index (χ0) is 20.8. The lowest BCUT2D eigenvalue weighted by Gasteiger charge is -2.38. The zero-order valence-corrected chi connectivity index (χ0v) is 17.4. The Hall–Kier alpha value is -3.41. The van der Waals surface area contributed by atoms with Crippen LogP contribution in [0.3, 0.4) is 0 Å². The summed E-state index contributed by atoms with van der Waals surface area (Å²) in [5.74, 6) is 1.23. The van der Waals surface area contributed by atoms with Crippen LogP contribution in [0.2, 0.25) is 0 Å². The van der Waals surface area contributed by atoms with Crippen molar-refractivity contribution in [2.24, 2.45) is 5.41 Å². The normalized spacial score (nSPS) is 18.5. The van der Waals surface area contributed by atoms with E-state index >= 15 is 0 Å². The van der Waals surface area contributed by atoms with Crippen LogP contribution in [-0.4, -0.2) is 45.4 Å². The largest absolute Gasteiger partial charge is 0.361 e. The fraction of sp³-hybridized carbons (Fsp3) is 0.320. The average Bonchev–Trinajstić information content (AvgIpc) is 3.36. The summed E-state index contributed by atoms with van der Waals surface area (Å²) in [6.45, 7) is 3.22. The van der Waals surface area contributed by atoms with Gasteiger partial charge in [-0.2, -0.15) is 0 Å². The molecule has 31 heavy (non-hydrogen) atoms. The smallest absolute Gasteiger partial charge is 0.229 e. The SMILES string of the molecule is O=C1N(Cc2c[nH]c3ccccc23)CCC12CCN(c1cnc3ccccc3n1)CC2. The van der Waals surface area contributed by atoms with Crippen molar-refractivity contribution in [2.45, 2.75) is 25.8 Å². The van der Waals surface area contributed by atoms with Crippen LogP contribution in [0.4, 0.5) is 5.82 Å². The minimum Gasteiger partial charge on any atom is -0.361 e. The number of aromatic amines is 1. The van der Waals surface area contributed by atoms with Crippen LogP contribution >= 0.6 is 0 Å². The lowest BCUT2D eigenvalue weighted by atomic mass is 9.77. The van der Waals surface area contributed by atoms with E-state index in [-0.39, 0.29) is 5.41 Å². The first-order chi connectivity index (χ1) is 15.2. The van der Waals surface area contributed by atoms with Crippen LogP contribution in [0.1, 0.15) is 24.8 Å². The van der Waals surface area contributed by atoms with Crippen LogP contribution in [0.25, 0.3) is 21.9 Å². The maximum atomic E-state index is 13.4. The van der Waals surface area contributed by atoms with Crippen molar-refractivity contribution >= 4 is 33.7 Å². The molecule has 4 heterocycles. The maximum Gasteiger partial charge on any atom is 0.229 e. The molecular weight excluding hydrogens is 386 g/mol. The van der Waals surface area contributed by atoms with Gasteiger partial charge in [-0.1, -0.05) is 30.3 Å². The molecule has 2 saturated heterocycles. The van der Waals surface area contributed by atoms with Gasteiger partial charge in [0, 0.05) is 43.3 Å². The molecule has 2 aliphatic rings. The predicted molar refractivity (Wildman–Crippen MR) is 122 cm³/mol. The number of hydrogen-bond acceptors (Lipinski definition) is 4. The van der Waals surface area contributed by atoms with E-state index < -0.39 is 0 Å². The summed E-state index contributed by atoms with van der Waals surface area (Å²) < 4.78 is 0. The van der Waals surface area contributed by atoms with E-state index in [1.165, 1.54) is 10.9 Å². The molecule has 6 heteroatoms. The summed E-state index contributed by atoms with van der Waals surface area (Å²) in [6, 6.07) is 16.3. The van der Waals surface area contributed by atoms with E-state index in [2.05, 4.69) is 38.0 Å². The van der Waals surface area contributed by atoms with Gasteiger partial charge in [-0.25, -0.2) is 4.98 Å². The Morgan fingerprint density at radius 3 is 2.55 bits per heavy atom. The molecule has 0 bridgehead atoms. The quantitative estimate of drug-likeness (QED) is 0.551. The standard InChI is InChI=1S/C25H25N5O/c31-24-25(11-14-30(24)17-18-15-26-20-6-2-1-5-19(18)20)9-12-29(13-10-25)23-16-27-21-7-3-4-8-22(21)28-23/h1-8,15-16,26H,9-14,17H2. The molecule has 0 unspecified atom stereocenters. The van der Waals surface area contributed by atoms with Crippen LogP contribution in [0.5, 0.6) is 0 Å². The van der Waals surface area contributed by atoms with Gasteiger partial charge in [0.05, 0.1) is 22.6 Å². The number of H-pyrrole nitrogens is 1. The number of rotatable bonds is 3. The number of nitrogens with zero attached hydrogens (tertiary/aromatic N) is 4. The molecule has 1 N–H and O–H groups in total. The predicted octanol–water partition coefficient (Wildman–Crippen LogP) is 4.13. The number of likely N-dealkylation sites (tertiary alicyclic amines) is 1. The molecule has 2 aromatic carbocycles. The molecule has 0 aliphatic carbocycles. The number of anilines is 1. The minimum atomic E-state index is -0.215. The third-order valence-corrected chi connectivity index (χ3v) is 7.12. The number of fused-ring (bicyclic) bond motifs is 2. The van der Waals surface area contributed by atoms with Crippen molar-refractivity contribution in [2.75, 3.05) is 24.5 Å². The van der Waals surface area contributed by atoms with Crippen molar-refractivity contribution < 1.29 is 4.79 Å². The number of hydrogen-bond donors (Lipinski definition) is 1. The monoisotopic (exact) mass is 411 g/mol. The highest BCUT2D eigenvalue weighted by atomic mass is 16.2. The lowest BCUT2D eigenvalue weighted by Crippen LogP contribution is -2.44. The number of amides is 1. The molecule has 0 radical (unpaired) electrons. The molecule has 0 saturated carbocycles. The van der Waals surface area contributed by atoms with Gasteiger partial charge in [0.1, 0.15) is 5.82 Å². The summed E-state index contributed by atoms with van der Waals surface area (Å²) in [6.07, 6.45) is 6.62. The molecule has 2 fully saturated rings. The van der Waals surface area contributed by atoms with Gasteiger partial charge in [0.15, 0.2) is 0 Å². The van der Waals surface area contributed by atoms with Gasteiger partial charge in [-0.15, -0.1) is 0 Å². The summed E-state index contributed by atoms with van der Waals surface area (Å²) >= 11 is 0. The first-order valence-electron chi connectivity index (χ1n) is 11.0. The van der Waals surface area contributed by atoms with E-state index in [4.69, 9.17) is 4.98 Å². The molecule has 2 aliphatic heterocycles. The van der Waals surface area contributed by atoms with Gasteiger partial charge in [0.25, 0.3) is 0 Å². The van der Waals surface area contributed by atoms with Crippen LogP contribution < -0.4 is 4.90 Å². The molecule has 1 amide bonds. The highest BCUT2D eigenvalue weighted by molar-refractivity contribution is 5.87. The average molecular weight is 412 g/mol. The first-order valence-corrected chi connectivity index (χ1v) is 11.0. The highest BCUT2D eigenvalue weighted by Gasteiger charge is 2.48. The fourth-order valence-corrected chi connectivity index (χ4v) is 5.24. The maximum absolute atomic E-state index is 13.4. The molecule has 4 aromatic rings. The second-order valence-electron chi connectivity index (χ2n) is 8.82. The van der Waals surface area contributed by atoms with Gasteiger partial charge in [-0.3, -0.25) is 9.78 Å². The van der Waals surface area contributed by atoms with Gasteiger partial charge >= 0.3 is 0 Å². The Balaban J connectivity index is 1.16. The molecule has 156 valence electrons. The molecule has 0 atom stereocenters. The van der Waals surface area contributed by atoms with Crippen molar-refractivity contribution in [1.29, 1.82) is 0 Å². The molecular formula is C25H25N5O. The van der Waals surface area contributed by atoms with Crippen molar-refractivity contribution in [3.63, 3.8) is 0 Å². The van der Waals surface area contributed by atoms with Crippen molar-refractivity contribution in [3.05, 3.63) is 66.5 Å². The summed E-state index contributed by atoms with van der Waals surface area (Å²) in [7, 11) is 0. The molecule has 2 aromatic heterocycles. The summed E-state index contributed by atoms with van der Waals surface area (Å²) in [4.78, 5) is 30.4. The lowest BCUT2D eigenvalue weighted by molar-refractivity contribution is -0.137. The molecule has 6 nitrogen and oxygen atoms in total. The summed E-state index contributed by atoms with van der Waals surface area (Å²) in [5, 5.41) is 1.21. The number of para-hydroxylation sites is 3. The Kier molecular flexibility index (Phi) is 4.19. The van der Waals surface area contributed by atoms with Crippen molar-refractivity contribution in [3.8, 4) is 0 Å². The van der Waals surface area contributed by atoms with E-state index in [1.54, 1.807) is 0 Å². The Morgan fingerprint density at radius 1 is 0.935 bits per heavy atom. The number of carbonyl (C=O) groups excluding carboxylic acids is 1. The van der Waals surface area contributed by atoms with E-state index in [1.807, 2.05) is 42.7 Å². The second-order valence-corrected chi connectivity index (χ2v) is 8.82. The summed E-state index contributed by atoms with van der Waals surface area (Å²) in [5.41, 5.74) is 3.95. The minimum absolute atomic E-state index is 0.215. The second kappa shape index (κ2) is 7.08. The van der Waals surface area contributed by atoms with Gasteiger partial charge in [-0.05, 0) is 43.0 Å². The third kappa shape index (κ3) is 3.05. The zero-order valence-electron chi connectivity index (χ0n) is 17.4. The van der Waals surface area contributed by atoms with Crippen molar-refractivity contribution in [1.82, 2.24) is 19.9 Å². The van der Waals surface area contributed by atoms with E-state index in [0.717, 1.165) is 61.3 Å². The van der Waals surface area contributed by atoms with E-state index in [0.29, 0.717) is 12.5 Å². The highest BCUT2D eigenvalue weighted by Crippen LogP contribution is 2.43. The Labute approximate surface area is 180 Å². The van der Waals surface area contributed by atoms with Gasteiger partial charge < -0.3 is 14.8 Å². The molecule has 6 rings (SSSR count). The first kappa shape index (κ1) is 18.4. The topological polar surface area (TPSA) is 65.1 Å². The number of carbonyl (C=O) groups is 1. The fourth-order valence-electron chi connectivity index (χ4n) is 5.24. The number of nitrogens with one attached hydrogen (secondary N) is 1.